The number of hydrogen-bond acceptors (Lipinski definition) is 2. The number of anilines is 2. The van der Waals surface area contributed by atoms with E-state index in [9.17, 15) is 4.79 Å². The number of halogens is 1. The number of aryl methyl sites for hydroxylation is 2. The van der Waals surface area contributed by atoms with Gasteiger partial charge in [0.2, 0.25) is 0 Å². The maximum atomic E-state index is 12.3. The summed E-state index contributed by atoms with van der Waals surface area (Å²) in [5, 5.41) is 6.53. The van der Waals surface area contributed by atoms with Gasteiger partial charge < -0.3 is 10.6 Å². The summed E-state index contributed by atoms with van der Waals surface area (Å²) < 4.78 is 0. The SMILES string of the molecule is CNc1ccc(C)cc1C(=O)Nc1ccc(C)c(Cl)c1. The van der Waals surface area contributed by atoms with Crippen LogP contribution in [0.2, 0.25) is 5.02 Å². The molecule has 0 spiro atoms. The van der Waals surface area contributed by atoms with Gasteiger partial charge in [0.25, 0.3) is 5.91 Å². The largest absolute Gasteiger partial charge is 0.387 e. The molecule has 20 heavy (non-hydrogen) atoms. The second-order valence-electron chi connectivity index (χ2n) is 4.72. The zero-order chi connectivity index (χ0) is 14.7. The van der Waals surface area contributed by atoms with Crippen LogP contribution in [-0.2, 0) is 0 Å². The summed E-state index contributed by atoms with van der Waals surface area (Å²) in [7, 11) is 1.80. The Balaban J connectivity index is 2.27. The van der Waals surface area contributed by atoms with Crippen molar-refractivity contribution in [3.05, 3.63) is 58.1 Å². The lowest BCUT2D eigenvalue weighted by molar-refractivity contribution is 0.102. The van der Waals surface area contributed by atoms with E-state index in [0.717, 1.165) is 16.8 Å². The van der Waals surface area contributed by atoms with Crippen molar-refractivity contribution in [2.45, 2.75) is 13.8 Å². The third-order valence-corrected chi connectivity index (χ3v) is 3.53. The van der Waals surface area contributed by atoms with Gasteiger partial charge in [-0.1, -0.05) is 29.3 Å². The van der Waals surface area contributed by atoms with Gasteiger partial charge in [-0.3, -0.25) is 4.79 Å². The van der Waals surface area contributed by atoms with E-state index < -0.39 is 0 Å². The molecule has 0 fully saturated rings. The molecule has 104 valence electrons. The Kier molecular flexibility index (Phi) is 4.30. The number of benzene rings is 2. The molecule has 3 nitrogen and oxygen atoms in total. The summed E-state index contributed by atoms with van der Waals surface area (Å²) in [6.07, 6.45) is 0. The molecule has 4 heteroatoms. The third kappa shape index (κ3) is 3.11. The van der Waals surface area contributed by atoms with Crippen molar-refractivity contribution in [1.82, 2.24) is 0 Å². The molecular weight excluding hydrogens is 272 g/mol. The first kappa shape index (κ1) is 14.4. The second-order valence-corrected chi connectivity index (χ2v) is 5.12. The van der Waals surface area contributed by atoms with Crippen LogP contribution in [-0.4, -0.2) is 13.0 Å². The van der Waals surface area contributed by atoms with Crippen LogP contribution >= 0.6 is 11.6 Å². The number of carbonyl (C=O) groups excluding carboxylic acids is 1. The Morgan fingerprint density at radius 1 is 1.10 bits per heavy atom. The van der Waals surface area contributed by atoms with Gasteiger partial charge in [-0.15, -0.1) is 0 Å². The predicted molar refractivity (Wildman–Crippen MR) is 84.9 cm³/mol. The molecule has 0 aliphatic carbocycles. The molecule has 0 heterocycles. The highest BCUT2D eigenvalue weighted by Gasteiger charge is 2.11. The Morgan fingerprint density at radius 3 is 2.50 bits per heavy atom. The van der Waals surface area contributed by atoms with E-state index in [4.69, 9.17) is 11.6 Å². The molecule has 2 aromatic rings. The Bertz CT molecular complexity index is 653. The molecule has 0 aromatic heterocycles. The van der Waals surface area contributed by atoms with Gasteiger partial charge in [-0.25, -0.2) is 0 Å². The van der Waals surface area contributed by atoms with Gasteiger partial charge in [-0.05, 0) is 43.7 Å². The average molecular weight is 289 g/mol. The van der Waals surface area contributed by atoms with Crippen LogP contribution in [0.5, 0.6) is 0 Å². The molecule has 0 saturated heterocycles. The average Bonchev–Trinajstić information content (AvgIpc) is 2.43. The van der Waals surface area contributed by atoms with E-state index >= 15 is 0 Å². The van der Waals surface area contributed by atoms with Gasteiger partial charge in [0.1, 0.15) is 0 Å². The molecule has 1 amide bonds. The topological polar surface area (TPSA) is 41.1 Å². The second kappa shape index (κ2) is 5.97. The zero-order valence-corrected chi connectivity index (χ0v) is 12.5. The maximum absolute atomic E-state index is 12.3. The quantitative estimate of drug-likeness (QED) is 0.886. The smallest absolute Gasteiger partial charge is 0.257 e. The Morgan fingerprint density at radius 2 is 1.85 bits per heavy atom. The predicted octanol–water partition coefficient (Wildman–Crippen LogP) is 4.25. The molecule has 0 unspecified atom stereocenters. The number of nitrogens with one attached hydrogen (secondary N) is 2. The fourth-order valence-electron chi connectivity index (χ4n) is 1.93. The van der Waals surface area contributed by atoms with Gasteiger partial charge in [0.15, 0.2) is 0 Å². The fourth-order valence-corrected chi connectivity index (χ4v) is 2.11. The summed E-state index contributed by atoms with van der Waals surface area (Å²) in [4.78, 5) is 12.3. The normalized spacial score (nSPS) is 10.2. The minimum Gasteiger partial charge on any atom is -0.387 e. The van der Waals surface area contributed by atoms with Crippen LogP contribution in [0.1, 0.15) is 21.5 Å². The minimum atomic E-state index is -0.155. The monoisotopic (exact) mass is 288 g/mol. The van der Waals surface area contributed by atoms with Gasteiger partial charge in [0.05, 0.1) is 5.56 Å². The van der Waals surface area contributed by atoms with E-state index in [2.05, 4.69) is 10.6 Å². The van der Waals surface area contributed by atoms with E-state index in [1.165, 1.54) is 0 Å². The number of carbonyl (C=O) groups is 1. The summed E-state index contributed by atoms with van der Waals surface area (Å²) in [5.74, 6) is -0.155. The first-order valence-corrected chi connectivity index (χ1v) is 6.75. The highest BCUT2D eigenvalue weighted by Crippen LogP contribution is 2.22. The molecule has 0 saturated carbocycles. The lowest BCUT2D eigenvalue weighted by atomic mass is 10.1. The van der Waals surface area contributed by atoms with Crippen LogP contribution in [0.3, 0.4) is 0 Å². The van der Waals surface area contributed by atoms with Crippen LogP contribution < -0.4 is 10.6 Å². The van der Waals surface area contributed by atoms with Gasteiger partial charge >= 0.3 is 0 Å². The standard InChI is InChI=1S/C16H17ClN2O/c1-10-4-7-15(18-3)13(8-10)16(20)19-12-6-5-11(2)14(17)9-12/h4-9,18H,1-3H3,(H,19,20). The van der Waals surface area contributed by atoms with Crippen molar-refractivity contribution in [1.29, 1.82) is 0 Å². The summed E-state index contributed by atoms with van der Waals surface area (Å²) in [6, 6.07) is 11.2. The molecule has 0 aliphatic heterocycles. The minimum absolute atomic E-state index is 0.155. The van der Waals surface area contributed by atoms with Gasteiger partial charge in [-0.2, -0.15) is 0 Å². The van der Waals surface area contributed by atoms with Crippen LogP contribution in [0.4, 0.5) is 11.4 Å². The molecular formula is C16H17ClN2O. The highest BCUT2D eigenvalue weighted by molar-refractivity contribution is 6.31. The molecule has 0 bridgehead atoms. The lowest BCUT2D eigenvalue weighted by Gasteiger charge is -2.11. The van der Waals surface area contributed by atoms with Crippen LogP contribution in [0.25, 0.3) is 0 Å². The zero-order valence-electron chi connectivity index (χ0n) is 11.8. The molecule has 0 radical (unpaired) electrons. The van der Waals surface area contributed by atoms with Gasteiger partial charge in [0, 0.05) is 23.4 Å². The molecule has 2 rings (SSSR count). The summed E-state index contributed by atoms with van der Waals surface area (Å²) in [5.41, 5.74) is 4.12. The van der Waals surface area contributed by atoms with E-state index in [-0.39, 0.29) is 5.91 Å². The van der Waals surface area contributed by atoms with Crippen molar-refractivity contribution >= 4 is 28.9 Å². The third-order valence-electron chi connectivity index (χ3n) is 3.12. The molecule has 0 atom stereocenters. The van der Waals surface area contributed by atoms with Crippen molar-refractivity contribution in [2.24, 2.45) is 0 Å². The van der Waals surface area contributed by atoms with Crippen molar-refractivity contribution in [2.75, 3.05) is 17.7 Å². The lowest BCUT2D eigenvalue weighted by Crippen LogP contribution is -2.14. The molecule has 0 aliphatic rings. The highest BCUT2D eigenvalue weighted by atomic mass is 35.5. The summed E-state index contributed by atoms with van der Waals surface area (Å²) >= 11 is 6.06. The van der Waals surface area contributed by atoms with Crippen molar-refractivity contribution < 1.29 is 4.79 Å². The van der Waals surface area contributed by atoms with E-state index in [0.29, 0.717) is 16.3 Å². The Hall–Kier alpha value is -2.00. The maximum Gasteiger partial charge on any atom is 0.257 e. The molecule has 2 aromatic carbocycles. The first-order chi connectivity index (χ1) is 9.51. The van der Waals surface area contributed by atoms with Crippen LogP contribution in [0.15, 0.2) is 36.4 Å². The fraction of sp³-hybridized carbons (Fsp3) is 0.188. The van der Waals surface area contributed by atoms with E-state index in [1.807, 2.05) is 44.2 Å². The van der Waals surface area contributed by atoms with Crippen LogP contribution in [0, 0.1) is 13.8 Å². The summed E-state index contributed by atoms with van der Waals surface area (Å²) in [6.45, 7) is 3.88. The Labute approximate surface area is 124 Å². The number of amides is 1. The molecule has 2 N–H and O–H groups in total. The number of rotatable bonds is 3. The van der Waals surface area contributed by atoms with Crippen molar-refractivity contribution in [3.63, 3.8) is 0 Å². The first-order valence-electron chi connectivity index (χ1n) is 6.37. The number of hydrogen-bond donors (Lipinski definition) is 2. The van der Waals surface area contributed by atoms with Crippen molar-refractivity contribution in [3.8, 4) is 0 Å². The van der Waals surface area contributed by atoms with E-state index in [1.54, 1.807) is 13.1 Å².